The van der Waals surface area contributed by atoms with Gasteiger partial charge in [-0.15, -0.1) is 18.2 Å². The molecule has 1 aromatic carbocycles. The van der Waals surface area contributed by atoms with E-state index < -0.39 is 10.8 Å². The van der Waals surface area contributed by atoms with Crippen molar-refractivity contribution in [3.8, 4) is 11.8 Å². The Morgan fingerprint density at radius 2 is 2.11 bits per heavy atom. The van der Waals surface area contributed by atoms with E-state index in [0.717, 1.165) is 16.8 Å². The van der Waals surface area contributed by atoms with Crippen LogP contribution in [0.1, 0.15) is 32.8 Å². The predicted octanol–water partition coefficient (Wildman–Crippen LogP) is 4.56. The fourth-order valence-corrected chi connectivity index (χ4v) is 5.93. The van der Waals surface area contributed by atoms with Crippen LogP contribution in [-0.2, 0) is 10.2 Å². The van der Waals surface area contributed by atoms with Crippen molar-refractivity contribution < 1.29 is 9.53 Å². The topological polar surface area (TPSA) is 62.1 Å². The van der Waals surface area contributed by atoms with Crippen LogP contribution in [0, 0.1) is 28.1 Å². The number of amides is 1. The lowest BCUT2D eigenvalue weighted by atomic mass is 9.36. The molecule has 4 atom stereocenters. The van der Waals surface area contributed by atoms with E-state index in [-0.39, 0.29) is 22.6 Å². The minimum absolute atomic E-state index is 0.0746. The van der Waals surface area contributed by atoms with E-state index in [1.807, 2.05) is 25.1 Å². The van der Waals surface area contributed by atoms with Crippen molar-refractivity contribution in [2.24, 2.45) is 16.7 Å². The van der Waals surface area contributed by atoms with E-state index >= 15 is 0 Å². The van der Waals surface area contributed by atoms with Gasteiger partial charge in [-0.05, 0) is 54.0 Å². The number of alkyl halides is 1. The monoisotopic (exact) mass is 382 g/mol. The first kappa shape index (κ1) is 18.1. The summed E-state index contributed by atoms with van der Waals surface area (Å²) in [6, 6.07) is 8.02. The van der Waals surface area contributed by atoms with Gasteiger partial charge < -0.3 is 10.1 Å². The van der Waals surface area contributed by atoms with Crippen LogP contribution in [0.3, 0.4) is 0 Å². The molecule has 1 amide bonds. The summed E-state index contributed by atoms with van der Waals surface area (Å²) < 4.78 is 5.42. The number of anilines is 1. The molecule has 1 N–H and O–H groups in total. The van der Waals surface area contributed by atoms with E-state index in [9.17, 15) is 10.1 Å². The highest BCUT2D eigenvalue weighted by molar-refractivity contribution is 6.22. The average molecular weight is 383 g/mol. The van der Waals surface area contributed by atoms with Crippen molar-refractivity contribution in [2.75, 3.05) is 12.4 Å². The molecule has 0 unspecified atom stereocenters. The third kappa shape index (κ3) is 1.81. The summed E-state index contributed by atoms with van der Waals surface area (Å²) in [6.45, 7) is 10.1. The number of allylic oxidation sites excluding steroid dienone is 2. The van der Waals surface area contributed by atoms with E-state index in [4.69, 9.17) is 16.3 Å². The average Bonchev–Trinajstić information content (AvgIpc) is 2.96. The van der Waals surface area contributed by atoms with Gasteiger partial charge in [0.05, 0.1) is 13.2 Å². The SMILES string of the molecule is C=C[C@@]1(C)C(C#N)=C2[C@H](C[C@H]1Cl)C(C)(C)[C@]21C(=O)Nc2ccc(OC)cc21. The summed E-state index contributed by atoms with van der Waals surface area (Å²) in [6.07, 6.45) is 2.47. The van der Waals surface area contributed by atoms with Gasteiger partial charge in [0.25, 0.3) is 0 Å². The zero-order valence-electron chi connectivity index (χ0n) is 16.0. The number of hydrogen-bond donors (Lipinski definition) is 1. The van der Waals surface area contributed by atoms with Crippen molar-refractivity contribution >= 4 is 23.2 Å². The molecule has 1 spiro atoms. The Labute approximate surface area is 164 Å². The van der Waals surface area contributed by atoms with Gasteiger partial charge in [-0.3, -0.25) is 4.79 Å². The Morgan fingerprint density at radius 3 is 2.70 bits per heavy atom. The first-order chi connectivity index (χ1) is 12.7. The van der Waals surface area contributed by atoms with Gasteiger partial charge in [0.2, 0.25) is 5.91 Å². The maximum absolute atomic E-state index is 13.4. The molecule has 0 saturated heterocycles. The smallest absolute Gasteiger partial charge is 0.239 e. The van der Waals surface area contributed by atoms with Gasteiger partial charge in [0.15, 0.2) is 0 Å². The molecule has 0 radical (unpaired) electrons. The fourth-order valence-electron chi connectivity index (χ4n) is 5.55. The number of nitrogens with zero attached hydrogens (tertiary/aromatic N) is 1. The first-order valence-electron chi connectivity index (χ1n) is 9.13. The Balaban J connectivity index is 2.08. The minimum Gasteiger partial charge on any atom is -0.497 e. The van der Waals surface area contributed by atoms with Gasteiger partial charge in [0.1, 0.15) is 11.2 Å². The first-order valence-corrected chi connectivity index (χ1v) is 9.56. The molecule has 0 bridgehead atoms. The molecule has 1 fully saturated rings. The molecular weight excluding hydrogens is 360 g/mol. The highest BCUT2D eigenvalue weighted by atomic mass is 35.5. The molecule has 5 heteroatoms. The van der Waals surface area contributed by atoms with Crippen molar-refractivity contribution in [3.05, 3.63) is 47.6 Å². The molecule has 2 aliphatic carbocycles. The fraction of sp³-hybridized carbons (Fsp3) is 0.455. The lowest BCUT2D eigenvalue weighted by molar-refractivity contribution is -0.131. The van der Waals surface area contributed by atoms with Crippen LogP contribution in [0.4, 0.5) is 5.69 Å². The summed E-state index contributed by atoms with van der Waals surface area (Å²) in [7, 11) is 1.61. The van der Waals surface area contributed by atoms with Crippen molar-refractivity contribution in [1.82, 2.24) is 0 Å². The Hall–Kier alpha value is -2.25. The third-order valence-electron chi connectivity index (χ3n) is 7.25. The number of halogens is 1. The van der Waals surface area contributed by atoms with E-state index in [0.29, 0.717) is 17.7 Å². The standard InChI is InChI=1S/C22H23ClN2O2/c1-6-21(4)15(11-24)18-14(10-17(21)23)20(2,3)22(18)13-9-12(27-5)7-8-16(13)25-19(22)26/h6-9,14,17H,1,10H2,2-5H3,(H,25,26)/t14-,17+,21-,22-/m0/s1. The van der Waals surface area contributed by atoms with Gasteiger partial charge in [-0.25, -0.2) is 0 Å². The Bertz CT molecular complexity index is 958. The van der Waals surface area contributed by atoms with Crippen LogP contribution >= 0.6 is 11.6 Å². The van der Waals surface area contributed by atoms with Gasteiger partial charge in [-0.2, -0.15) is 5.26 Å². The molecule has 140 valence electrons. The molecule has 1 aliphatic heterocycles. The molecular formula is C22H23ClN2O2. The van der Waals surface area contributed by atoms with Crippen LogP contribution in [0.5, 0.6) is 5.75 Å². The quantitative estimate of drug-likeness (QED) is 0.602. The number of ether oxygens (including phenoxy) is 1. The van der Waals surface area contributed by atoms with Crippen LogP contribution in [-0.4, -0.2) is 18.4 Å². The molecule has 4 nitrogen and oxygen atoms in total. The van der Waals surface area contributed by atoms with Crippen LogP contribution in [0.2, 0.25) is 0 Å². The molecule has 0 aromatic heterocycles. The summed E-state index contributed by atoms with van der Waals surface area (Å²) in [4.78, 5) is 13.4. The molecule has 3 aliphatic rings. The lowest BCUT2D eigenvalue weighted by Gasteiger charge is -2.65. The normalized spacial score (nSPS) is 35.6. The summed E-state index contributed by atoms with van der Waals surface area (Å²) in [5.41, 5.74) is 1.24. The Kier molecular flexibility index (Phi) is 3.62. The number of nitriles is 1. The second kappa shape index (κ2) is 5.39. The number of rotatable bonds is 2. The molecule has 4 rings (SSSR count). The maximum Gasteiger partial charge on any atom is 0.239 e. The second-order valence-corrected chi connectivity index (χ2v) is 9.01. The number of methoxy groups -OCH3 is 1. The summed E-state index contributed by atoms with van der Waals surface area (Å²) >= 11 is 6.72. The van der Waals surface area contributed by atoms with Gasteiger partial charge in [-0.1, -0.05) is 19.9 Å². The third-order valence-corrected chi connectivity index (χ3v) is 7.88. The Morgan fingerprint density at radius 1 is 1.41 bits per heavy atom. The van der Waals surface area contributed by atoms with Crippen molar-refractivity contribution in [3.63, 3.8) is 0 Å². The van der Waals surface area contributed by atoms with Gasteiger partial charge >= 0.3 is 0 Å². The van der Waals surface area contributed by atoms with Crippen molar-refractivity contribution in [1.29, 1.82) is 5.26 Å². The van der Waals surface area contributed by atoms with Crippen molar-refractivity contribution in [2.45, 2.75) is 38.0 Å². The second-order valence-electron chi connectivity index (χ2n) is 8.48. The summed E-state index contributed by atoms with van der Waals surface area (Å²) in [5, 5.41) is 12.9. The summed E-state index contributed by atoms with van der Waals surface area (Å²) in [5.74, 6) is 0.695. The zero-order valence-corrected chi connectivity index (χ0v) is 16.8. The van der Waals surface area contributed by atoms with E-state index in [2.05, 4.69) is 31.8 Å². The highest BCUT2D eigenvalue weighted by Gasteiger charge is 2.74. The number of hydrogen-bond acceptors (Lipinski definition) is 3. The molecule has 1 aromatic rings. The van der Waals surface area contributed by atoms with Crippen LogP contribution in [0.15, 0.2) is 42.0 Å². The number of fused-ring (bicyclic) bond motifs is 4. The number of nitrogens with one attached hydrogen (secondary N) is 1. The van der Waals surface area contributed by atoms with E-state index in [1.54, 1.807) is 13.2 Å². The van der Waals surface area contributed by atoms with Gasteiger partial charge in [0, 0.05) is 22.1 Å². The number of carbonyl (C=O) groups excluding carboxylic acids is 1. The zero-order chi connectivity index (χ0) is 19.8. The molecule has 1 heterocycles. The van der Waals surface area contributed by atoms with Crippen LogP contribution in [0.25, 0.3) is 0 Å². The number of benzene rings is 1. The van der Waals surface area contributed by atoms with E-state index in [1.165, 1.54) is 0 Å². The molecule has 27 heavy (non-hydrogen) atoms. The number of carbonyl (C=O) groups is 1. The van der Waals surface area contributed by atoms with Crippen LogP contribution < -0.4 is 10.1 Å². The minimum atomic E-state index is -0.881. The largest absolute Gasteiger partial charge is 0.497 e. The highest BCUT2D eigenvalue weighted by Crippen LogP contribution is 2.73. The lowest BCUT2D eigenvalue weighted by Crippen LogP contribution is -2.67. The predicted molar refractivity (Wildman–Crippen MR) is 106 cm³/mol. The maximum atomic E-state index is 13.4. The molecule has 1 saturated carbocycles.